The zero-order valence-corrected chi connectivity index (χ0v) is 15.3. The van der Waals surface area contributed by atoms with E-state index in [2.05, 4.69) is 10.6 Å². The van der Waals surface area contributed by atoms with Crippen LogP contribution in [-0.2, 0) is 20.9 Å². The van der Waals surface area contributed by atoms with E-state index in [1.165, 1.54) is 0 Å². The third-order valence-electron chi connectivity index (χ3n) is 4.23. The second-order valence-corrected chi connectivity index (χ2v) is 6.64. The molecule has 27 heavy (non-hydrogen) atoms. The van der Waals surface area contributed by atoms with E-state index in [1.807, 2.05) is 24.3 Å². The van der Waals surface area contributed by atoms with Crippen LogP contribution < -0.4 is 10.6 Å². The Morgan fingerprint density at radius 1 is 1.19 bits per heavy atom. The maximum atomic E-state index is 12.0. The van der Waals surface area contributed by atoms with Crippen molar-refractivity contribution in [2.75, 3.05) is 11.9 Å². The van der Waals surface area contributed by atoms with Gasteiger partial charge in [-0.05, 0) is 50.5 Å². The van der Waals surface area contributed by atoms with Crippen LogP contribution in [0.2, 0.25) is 0 Å². The highest BCUT2D eigenvalue weighted by Gasteiger charge is 2.29. The van der Waals surface area contributed by atoms with Crippen LogP contribution in [0.5, 0.6) is 0 Å². The molecule has 142 valence electrons. The molecular weight excluding hydrogens is 348 g/mol. The summed E-state index contributed by atoms with van der Waals surface area (Å²) in [4.78, 5) is 35.7. The molecule has 2 N–H and O–H groups in total. The summed E-state index contributed by atoms with van der Waals surface area (Å²) in [5, 5.41) is 5.56. The number of amides is 2. The third-order valence-corrected chi connectivity index (χ3v) is 4.23. The Morgan fingerprint density at radius 3 is 2.63 bits per heavy atom. The van der Waals surface area contributed by atoms with E-state index in [9.17, 15) is 14.4 Å². The maximum Gasteiger partial charge on any atom is 0.342 e. The first-order chi connectivity index (χ1) is 12.9. The molecule has 0 bridgehead atoms. The summed E-state index contributed by atoms with van der Waals surface area (Å²) >= 11 is 0. The van der Waals surface area contributed by atoms with Crippen molar-refractivity contribution in [3.05, 3.63) is 53.0 Å². The lowest BCUT2D eigenvalue weighted by Crippen LogP contribution is -2.28. The molecule has 1 saturated carbocycles. The van der Waals surface area contributed by atoms with Crippen LogP contribution in [0.15, 0.2) is 34.7 Å². The number of anilines is 1. The molecule has 1 aliphatic rings. The first-order valence-electron chi connectivity index (χ1n) is 8.83. The van der Waals surface area contributed by atoms with Gasteiger partial charge >= 0.3 is 5.97 Å². The number of aryl methyl sites for hydroxylation is 2. The highest BCUT2D eigenvalue weighted by atomic mass is 16.5. The zero-order valence-electron chi connectivity index (χ0n) is 15.3. The van der Waals surface area contributed by atoms with Gasteiger partial charge in [0, 0.05) is 18.2 Å². The molecule has 0 saturated heterocycles. The fraction of sp³-hybridized carbons (Fsp3) is 0.350. The van der Waals surface area contributed by atoms with Gasteiger partial charge in [-0.2, -0.15) is 0 Å². The molecule has 1 aromatic carbocycles. The fourth-order valence-electron chi connectivity index (χ4n) is 2.64. The average molecular weight is 370 g/mol. The van der Waals surface area contributed by atoms with Crippen molar-refractivity contribution in [2.45, 2.75) is 33.2 Å². The smallest absolute Gasteiger partial charge is 0.342 e. The predicted octanol–water partition coefficient (Wildman–Crippen LogP) is 2.72. The topological polar surface area (TPSA) is 97.6 Å². The van der Waals surface area contributed by atoms with E-state index in [-0.39, 0.29) is 25.0 Å². The van der Waals surface area contributed by atoms with Crippen LogP contribution in [0.1, 0.15) is 40.3 Å². The number of furan rings is 1. The number of carbonyl (C=O) groups is 3. The standard InChI is InChI=1S/C20H22N2O5/c1-12-8-17(13(2)27-12)20(25)26-11-18(23)21-10-14-4-3-5-16(9-14)22-19(24)15-6-7-15/h3-5,8-9,15H,6-7,10-11H2,1-2H3,(H,21,23)(H,22,24). The summed E-state index contributed by atoms with van der Waals surface area (Å²) in [6.07, 6.45) is 1.89. The second kappa shape index (κ2) is 8.07. The molecule has 0 aliphatic heterocycles. The Hall–Kier alpha value is -3.09. The molecule has 1 aromatic heterocycles. The van der Waals surface area contributed by atoms with Crippen LogP contribution in [0.4, 0.5) is 5.69 Å². The van der Waals surface area contributed by atoms with E-state index in [4.69, 9.17) is 9.15 Å². The van der Waals surface area contributed by atoms with Crippen molar-refractivity contribution in [2.24, 2.45) is 5.92 Å². The molecule has 1 aliphatic carbocycles. The summed E-state index contributed by atoms with van der Waals surface area (Å²) in [6.45, 7) is 3.30. The van der Waals surface area contributed by atoms with Crippen LogP contribution in [-0.4, -0.2) is 24.4 Å². The molecule has 1 fully saturated rings. The Bertz CT molecular complexity index is 867. The van der Waals surface area contributed by atoms with E-state index < -0.39 is 11.9 Å². The molecule has 0 radical (unpaired) electrons. The van der Waals surface area contributed by atoms with Crippen LogP contribution in [0.3, 0.4) is 0 Å². The van der Waals surface area contributed by atoms with Gasteiger partial charge in [0.1, 0.15) is 17.1 Å². The number of nitrogens with one attached hydrogen (secondary N) is 2. The summed E-state index contributed by atoms with van der Waals surface area (Å²) < 4.78 is 10.3. The normalized spacial score (nSPS) is 13.1. The fourth-order valence-corrected chi connectivity index (χ4v) is 2.64. The Labute approximate surface area is 157 Å². The third kappa shape index (κ3) is 5.20. The quantitative estimate of drug-likeness (QED) is 0.731. The van der Waals surface area contributed by atoms with Crippen molar-refractivity contribution in [1.29, 1.82) is 0 Å². The lowest BCUT2D eigenvalue weighted by molar-refractivity contribution is -0.124. The molecule has 0 atom stereocenters. The lowest BCUT2D eigenvalue weighted by Gasteiger charge is -2.09. The molecule has 7 heteroatoms. The number of rotatable bonds is 7. The zero-order chi connectivity index (χ0) is 19.4. The van der Waals surface area contributed by atoms with Gasteiger partial charge in [-0.25, -0.2) is 4.79 Å². The molecule has 0 unspecified atom stereocenters. The Kier molecular flexibility index (Phi) is 5.59. The minimum Gasteiger partial charge on any atom is -0.466 e. The van der Waals surface area contributed by atoms with Crippen molar-refractivity contribution < 1.29 is 23.5 Å². The molecular formula is C20H22N2O5. The predicted molar refractivity (Wildman–Crippen MR) is 98.1 cm³/mol. The summed E-state index contributed by atoms with van der Waals surface area (Å²) in [5.74, 6) is 0.233. The highest BCUT2D eigenvalue weighted by Crippen LogP contribution is 2.30. The number of carbonyl (C=O) groups excluding carboxylic acids is 3. The van der Waals surface area contributed by atoms with E-state index in [1.54, 1.807) is 19.9 Å². The van der Waals surface area contributed by atoms with Gasteiger partial charge in [-0.1, -0.05) is 12.1 Å². The molecule has 7 nitrogen and oxygen atoms in total. The van der Waals surface area contributed by atoms with Crippen molar-refractivity contribution in [1.82, 2.24) is 5.32 Å². The number of benzene rings is 1. The van der Waals surface area contributed by atoms with Gasteiger partial charge in [-0.15, -0.1) is 0 Å². The minimum absolute atomic E-state index is 0.0351. The average Bonchev–Trinajstić information content (AvgIpc) is 3.43. The number of esters is 1. The van der Waals surface area contributed by atoms with Gasteiger partial charge in [0.2, 0.25) is 5.91 Å². The number of hydrogen-bond acceptors (Lipinski definition) is 5. The van der Waals surface area contributed by atoms with Gasteiger partial charge in [0.15, 0.2) is 6.61 Å². The SMILES string of the molecule is Cc1cc(C(=O)OCC(=O)NCc2cccc(NC(=O)C3CC3)c2)c(C)o1. The second-order valence-electron chi connectivity index (χ2n) is 6.64. The van der Waals surface area contributed by atoms with E-state index in [0.29, 0.717) is 22.8 Å². The first-order valence-corrected chi connectivity index (χ1v) is 8.83. The summed E-state index contributed by atoms with van der Waals surface area (Å²) in [6, 6.07) is 8.86. The minimum atomic E-state index is -0.593. The number of hydrogen-bond donors (Lipinski definition) is 2. The number of ether oxygens (including phenoxy) is 1. The monoisotopic (exact) mass is 370 g/mol. The Morgan fingerprint density at radius 2 is 1.96 bits per heavy atom. The summed E-state index contributed by atoms with van der Waals surface area (Å²) in [5.41, 5.74) is 1.86. The summed E-state index contributed by atoms with van der Waals surface area (Å²) in [7, 11) is 0. The van der Waals surface area contributed by atoms with Crippen LogP contribution in [0.25, 0.3) is 0 Å². The van der Waals surface area contributed by atoms with Gasteiger partial charge < -0.3 is 19.8 Å². The maximum absolute atomic E-state index is 12.0. The largest absolute Gasteiger partial charge is 0.466 e. The lowest BCUT2D eigenvalue weighted by atomic mass is 10.2. The molecule has 1 heterocycles. The molecule has 2 aromatic rings. The van der Waals surface area contributed by atoms with Gasteiger partial charge in [0.25, 0.3) is 5.91 Å². The van der Waals surface area contributed by atoms with Crippen molar-refractivity contribution >= 4 is 23.5 Å². The van der Waals surface area contributed by atoms with Gasteiger partial charge in [-0.3, -0.25) is 9.59 Å². The first kappa shape index (κ1) is 18.7. The van der Waals surface area contributed by atoms with E-state index >= 15 is 0 Å². The van der Waals surface area contributed by atoms with Crippen molar-refractivity contribution in [3.63, 3.8) is 0 Å². The van der Waals surface area contributed by atoms with E-state index in [0.717, 1.165) is 18.4 Å². The molecule has 0 spiro atoms. The Balaban J connectivity index is 1.45. The molecule has 3 rings (SSSR count). The molecule has 2 amide bonds. The van der Waals surface area contributed by atoms with Gasteiger partial charge in [0.05, 0.1) is 0 Å². The van der Waals surface area contributed by atoms with Crippen LogP contribution >= 0.6 is 0 Å². The van der Waals surface area contributed by atoms with Crippen LogP contribution in [0, 0.1) is 19.8 Å². The highest BCUT2D eigenvalue weighted by molar-refractivity contribution is 5.94. The van der Waals surface area contributed by atoms with Crippen molar-refractivity contribution in [3.8, 4) is 0 Å².